The quantitative estimate of drug-likeness (QED) is 0.371. The summed E-state index contributed by atoms with van der Waals surface area (Å²) in [4.78, 5) is 8.17. The van der Waals surface area contributed by atoms with Gasteiger partial charge in [0, 0.05) is 24.6 Å². The lowest BCUT2D eigenvalue weighted by Crippen LogP contribution is -2.37. The third kappa shape index (κ3) is 3.77. The van der Waals surface area contributed by atoms with Crippen molar-refractivity contribution in [1.82, 2.24) is 15.3 Å². The largest absolute Gasteiger partial charge is 0.534 e. The number of hydrogen-bond acceptors (Lipinski definition) is 7. The highest BCUT2D eigenvalue weighted by Crippen LogP contribution is 2.43. The lowest BCUT2D eigenvalue weighted by atomic mass is 9.75. The van der Waals surface area contributed by atoms with Crippen LogP contribution >= 0.6 is 11.8 Å². The molecule has 1 N–H and O–H groups in total. The Hall–Kier alpha value is -1.07. The molecule has 11 heteroatoms. The third-order valence-electron chi connectivity index (χ3n) is 3.66. The van der Waals surface area contributed by atoms with Crippen molar-refractivity contribution in [1.29, 1.82) is 0 Å². The molecule has 0 saturated heterocycles. The molecule has 0 amide bonds. The summed E-state index contributed by atoms with van der Waals surface area (Å²) < 4.78 is 65.3. The van der Waals surface area contributed by atoms with E-state index in [4.69, 9.17) is 0 Å². The van der Waals surface area contributed by atoms with Crippen LogP contribution in [0.5, 0.6) is 5.88 Å². The van der Waals surface area contributed by atoms with Crippen molar-refractivity contribution >= 4 is 21.9 Å². The first-order valence-corrected chi connectivity index (χ1v) is 9.66. The van der Waals surface area contributed by atoms with Gasteiger partial charge in [-0.3, -0.25) is 0 Å². The van der Waals surface area contributed by atoms with E-state index in [1.807, 2.05) is 20.8 Å². The Balaban J connectivity index is 2.62. The van der Waals surface area contributed by atoms with Crippen molar-refractivity contribution in [3.8, 4) is 5.88 Å². The highest BCUT2D eigenvalue weighted by molar-refractivity contribution is 7.98. The van der Waals surface area contributed by atoms with Gasteiger partial charge in [0.25, 0.3) is 0 Å². The number of aromatic nitrogens is 2. The zero-order chi connectivity index (χ0) is 18.3. The van der Waals surface area contributed by atoms with Gasteiger partial charge in [-0.2, -0.15) is 26.6 Å². The first-order valence-electron chi connectivity index (χ1n) is 7.03. The van der Waals surface area contributed by atoms with Gasteiger partial charge in [0.2, 0.25) is 5.88 Å². The van der Waals surface area contributed by atoms with Crippen LogP contribution in [0.2, 0.25) is 0 Å². The molecule has 2 heterocycles. The van der Waals surface area contributed by atoms with E-state index < -0.39 is 21.5 Å². The van der Waals surface area contributed by atoms with Crippen molar-refractivity contribution in [3.63, 3.8) is 0 Å². The lowest BCUT2D eigenvalue weighted by Gasteiger charge is -2.36. The highest BCUT2D eigenvalue weighted by Gasteiger charge is 2.50. The predicted octanol–water partition coefficient (Wildman–Crippen LogP) is 2.66. The number of alkyl halides is 3. The normalized spacial score (nSPS) is 19.0. The number of fused-ring (bicyclic) bond motifs is 1. The number of rotatable bonds is 3. The Kier molecular flexibility index (Phi) is 5.09. The number of hydrogen-bond donors (Lipinski definition) is 1. The van der Waals surface area contributed by atoms with Crippen molar-refractivity contribution in [3.05, 3.63) is 11.3 Å². The SMILES string of the molecule is CSc1nc2c(c(OS(=O)(=O)C(F)(F)F)n1)C(C(C)(C)C)CNC2. The second-order valence-corrected chi connectivity index (χ2v) is 8.72. The van der Waals surface area contributed by atoms with Gasteiger partial charge in [-0.1, -0.05) is 32.5 Å². The molecule has 136 valence electrons. The van der Waals surface area contributed by atoms with E-state index in [2.05, 4.69) is 19.5 Å². The Bertz CT molecular complexity index is 730. The van der Waals surface area contributed by atoms with Gasteiger partial charge in [-0.15, -0.1) is 0 Å². The van der Waals surface area contributed by atoms with Gasteiger partial charge in [0.15, 0.2) is 5.16 Å². The van der Waals surface area contributed by atoms with Crippen molar-refractivity contribution in [2.45, 2.75) is 43.9 Å². The molecule has 2 rings (SSSR count). The molecule has 1 unspecified atom stereocenters. The molecule has 0 fully saturated rings. The van der Waals surface area contributed by atoms with Crippen LogP contribution in [0, 0.1) is 5.41 Å². The van der Waals surface area contributed by atoms with Crippen molar-refractivity contribution in [2.75, 3.05) is 12.8 Å². The van der Waals surface area contributed by atoms with Gasteiger partial charge in [0.05, 0.1) is 5.69 Å². The van der Waals surface area contributed by atoms with Crippen LogP contribution in [0.4, 0.5) is 13.2 Å². The number of nitrogens with zero attached hydrogens (tertiary/aromatic N) is 2. The molecule has 0 aromatic carbocycles. The van der Waals surface area contributed by atoms with Gasteiger partial charge >= 0.3 is 15.6 Å². The maximum Gasteiger partial charge on any atom is 0.534 e. The topological polar surface area (TPSA) is 81.2 Å². The van der Waals surface area contributed by atoms with Crippen LogP contribution in [0.3, 0.4) is 0 Å². The smallest absolute Gasteiger partial charge is 0.355 e. The van der Waals surface area contributed by atoms with Gasteiger partial charge in [0.1, 0.15) is 0 Å². The maximum atomic E-state index is 12.7. The summed E-state index contributed by atoms with van der Waals surface area (Å²) in [6, 6.07) is 0. The first kappa shape index (κ1) is 19.3. The fourth-order valence-electron chi connectivity index (χ4n) is 2.44. The molecule has 0 saturated carbocycles. The van der Waals surface area contributed by atoms with E-state index in [-0.39, 0.29) is 16.5 Å². The van der Waals surface area contributed by atoms with Crippen LogP contribution in [0.1, 0.15) is 37.9 Å². The second kappa shape index (κ2) is 6.34. The van der Waals surface area contributed by atoms with E-state index in [1.54, 1.807) is 6.26 Å². The Morgan fingerprint density at radius 2 is 1.88 bits per heavy atom. The molecule has 1 aromatic rings. The summed E-state index contributed by atoms with van der Waals surface area (Å²) >= 11 is 1.09. The van der Waals surface area contributed by atoms with Gasteiger partial charge < -0.3 is 9.50 Å². The molecule has 1 aliphatic rings. The predicted molar refractivity (Wildman–Crippen MR) is 83.3 cm³/mol. The third-order valence-corrected chi connectivity index (χ3v) is 5.15. The summed E-state index contributed by atoms with van der Waals surface area (Å²) in [6.07, 6.45) is 1.64. The first-order chi connectivity index (χ1) is 10.9. The van der Waals surface area contributed by atoms with Crippen LogP contribution in [0.15, 0.2) is 5.16 Å². The molecule has 1 atom stereocenters. The summed E-state index contributed by atoms with van der Waals surface area (Å²) in [6.45, 7) is 6.47. The summed E-state index contributed by atoms with van der Waals surface area (Å²) in [5.74, 6) is -0.835. The van der Waals surface area contributed by atoms with Crippen LogP contribution in [-0.4, -0.2) is 36.7 Å². The molecular weight excluding hydrogens is 367 g/mol. The summed E-state index contributed by atoms with van der Waals surface area (Å²) in [5.41, 5.74) is -5.11. The molecule has 0 spiro atoms. The molecule has 24 heavy (non-hydrogen) atoms. The van der Waals surface area contributed by atoms with Crippen LogP contribution < -0.4 is 9.50 Å². The van der Waals surface area contributed by atoms with Crippen LogP contribution in [-0.2, 0) is 16.7 Å². The number of thioether (sulfide) groups is 1. The summed E-state index contributed by atoms with van der Waals surface area (Å²) in [5, 5.41) is 3.29. The molecule has 0 radical (unpaired) electrons. The number of nitrogens with one attached hydrogen (secondary N) is 1. The second-order valence-electron chi connectivity index (χ2n) is 6.41. The molecule has 0 bridgehead atoms. The maximum absolute atomic E-state index is 12.7. The fourth-order valence-corrected chi connectivity index (χ4v) is 3.24. The van der Waals surface area contributed by atoms with E-state index in [0.717, 1.165) is 11.8 Å². The average Bonchev–Trinajstić information content (AvgIpc) is 2.43. The van der Waals surface area contributed by atoms with E-state index >= 15 is 0 Å². The Labute approximate surface area is 142 Å². The van der Waals surface area contributed by atoms with E-state index in [9.17, 15) is 21.6 Å². The minimum absolute atomic E-state index is 0.150. The number of halogens is 3. The average molecular weight is 385 g/mol. The molecule has 0 aliphatic carbocycles. The Morgan fingerprint density at radius 3 is 2.38 bits per heavy atom. The van der Waals surface area contributed by atoms with Crippen molar-refractivity contribution in [2.24, 2.45) is 5.41 Å². The van der Waals surface area contributed by atoms with Gasteiger partial charge in [-0.25, -0.2) is 4.98 Å². The molecule has 1 aliphatic heterocycles. The monoisotopic (exact) mass is 385 g/mol. The minimum atomic E-state index is -5.80. The molecule has 1 aromatic heterocycles. The van der Waals surface area contributed by atoms with Crippen LogP contribution in [0.25, 0.3) is 0 Å². The summed E-state index contributed by atoms with van der Waals surface area (Å²) in [7, 11) is -5.80. The highest BCUT2D eigenvalue weighted by atomic mass is 32.2. The standard InChI is InChI=1S/C13H18F3N3O3S2/c1-12(2,3)7-5-17-6-8-9(7)10(19-11(18-8)23-4)22-24(20,21)13(14,15)16/h7,17H,5-6H2,1-4H3. The van der Waals surface area contributed by atoms with Gasteiger partial charge in [-0.05, 0) is 11.7 Å². The lowest BCUT2D eigenvalue weighted by molar-refractivity contribution is -0.0502. The molecular formula is C13H18F3N3O3S2. The minimum Gasteiger partial charge on any atom is -0.355 e. The zero-order valence-electron chi connectivity index (χ0n) is 13.6. The van der Waals surface area contributed by atoms with Crippen molar-refractivity contribution < 1.29 is 25.8 Å². The fraction of sp³-hybridized carbons (Fsp3) is 0.692. The van der Waals surface area contributed by atoms with E-state index in [1.165, 1.54) is 0 Å². The molecule has 6 nitrogen and oxygen atoms in total. The Morgan fingerprint density at radius 1 is 1.25 bits per heavy atom. The van der Waals surface area contributed by atoms with E-state index in [0.29, 0.717) is 24.3 Å². The zero-order valence-corrected chi connectivity index (χ0v) is 15.2.